The van der Waals surface area contributed by atoms with Crippen molar-refractivity contribution in [2.45, 2.75) is 57.4 Å². The van der Waals surface area contributed by atoms with E-state index in [4.69, 9.17) is 0 Å². The molecule has 25 heavy (non-hydrogen) atoms. The van der Waals surface area contributed by atoms with Crippen molar-refractivity contribution in [2.24, 2.45) is 17.8 Å². The molecule has 0 bridgehead atoms. The standard InChI is InChI=1S/C23H28N2/c1-2-4-21-16(3-1)7-9-18-17(13-15-5-6-15)8-10-19-20-14-24-12-11-22(20)25(21)23(18)19/h1,3,7,11,14-15,17,19,21,24H,2,4-6,8-10,12-13H2. The van der Waals surface area contributed by atoms with Crippen molar-refractivity contribution in [2.75, 3.05) is 6.54 Å². The maximum atomic E-state index is 3.49. The molecule has 130 valence electrons. The van der Waals surface area contributed by atoms with Crippen molar-refractivity contribution in [1.82, 2.24) is 10.2 Å². The molecular formula is C23H28N2. The monoisotopic (exact) mass is 332 g/mol. The fraction of sp³-hybridized carbons (Fsp3) is 0.565. The average Bonchev–Trinajstić information content (AvgIpc) is 3.43. The Hall–Kier alpha value is -1.70. The third-order valence-corrected chi connectivity index (χ3v) is 7.30. The van der Waals surface area contributed by atoms with Crippen LogP contribution in [-0.4, -0.2) is 17.5 Å². The SMILES string of the molecule is C1=CC2=CCC3=C4C(CCC3CC3CC3)C3=CNCC=C3N4C2CC1. The zero-order chi connectivity index (χ0) is 16.4. The van der Waals surface area contributed by atoms with Gasteiger partial charge in [-0.15, -0.1) is 0 Å². The Morgan fingerprint density at radius 3 is 2.96 bits per heavy atom. The van der Waals surface area contributed by atoms with Crippen molar-refractivity contribution in [3.63, 3.8) is 0 Å². The molecule has 1 N–H and O–H groups in total. The third-order valence-electron chi connectivity index (χ3n) is 7.30. The number of hydrogen-bond acceptors (Lipinski definition) is 2. The molecule has 0 spiro atoms. The van der Waals surface area contributed by atoms with Gasteiger partial charge in [0, 0.05) is 35.6 Å². The molecule has 3 heterocycles. The van der Waals surface area contributed by atoms with E-state index < -0.39 is 0 Å². The van der Waals surface area contributed by atoms with E-state index >= 15 is 0 Å². The third kappa shape index (κ3) is 2.16. The molecule has 2 fully saturated rings. The van der Waals surface area contributed by atoms with Gasteiger partial charge in [0.05, 0.1) is 6.04 Å². The van der Waals surface area contributed by atoms with Gasteiger partial charge in [0.15, 0.2) is 0 Å². The van der Waals surface area contributed by atoms with Gasteiger partial charge in [-0.25, -0.2) is 0 Å². The molecule has 1 saturated carbocycles. The predicted molar refractivity (Wildman–Crippen MR) is 101 cm³/mol. The summed E-state index contributed by atoms with van der Waals surface area (Å²) >= 11 is 0. The first kappa shape index (κ1) is 14.5. The lowest BCUT2D eigenvalue weighted by atomic mass is 9.75. The minimum atomic E-state index is 0.579. The van der Waals surface area contributed by atoms with E-state index in [9.17, 15) is 0 Å². The van der Waals surface area contributed by atoms with Gasteiger partial charge in [-0.2, -0.15) is 0 Å². The number of nitrogens with zero attached hydrogens (tertiary/aromatic N) is 1. The van der Waals surface area contributed by atoms with Gasteiger partial charge in [0.2, 0.25) is 0 Å². The summed E-state index contributed by atoms with van der Waals surface area (Å²) in [5, 5.41) is 3.49. The first-order valence-electron chi connectivity index (χ1n) is 10.4. The van der Waals surface area contributed by atoms with Gasteiger partial charge < -0.3 is 10.2 Å². The lowest BCUT2D eigenvalue weighted by Gasteiger charge is -2.37. The van der Waals surface area contributed by atoms with Gasteiger partial charge in [-0.1, -0.05) is 31.1 Å². The largest absolute Gasteiger partial charge is 0.387 e. The molecule has 6 rings (SSSR count). The number of hydrogen-bond donors (Lipinski definition) is 1. The molecule has 0 radical (unpaired) electrons. The molecular weight excluding hydrogens is 304 g/mol. The molecule has 1 saturated heterocycles. The predicted octanol–water partition coefficient (Wildman–Crippen LogP) is 4.80. The fourth-order valence-corrected chi connectivity index (χ4v) is 5.98. The smallest absolute Gasteiger partial charge is 0.0588 e. The molecule has 6 aliphatic rings. The van der Waals surface area contributed by atoms with Crippen LogP contribution in [0.2, 0.25) is 0 Å². The second-order valence-electron chi connectivity index (χ2n) is 8.79. The summed E-state index contributed by atoms with van der Waals surface area (Å²) in [5.41, 5.74) is 8.22. The molecule has 0 amide bonds. The summed E-state index contributed by atoms with van der Waals surface area (Å²) in [6, 6.07) is 0.579. The van der Waals surface area contributed by atoms with Crippen molar-refractivity contribution < 1.29 is 0 Å². The molecule has 0 aromatic heterocycles. The van der Waals surface area contributed by atoms with Gasteiger partial charge >= 0.3 is 0 Å². The maximum Gasteiger partial charge on any atom is 0.0588 e. The Labute approximate surface area is 151 Å². The highest BCUT2D eigenvalue weighted by Gasteiger charge is 2.47. The van der Waals surface area contributed by atoms with E-state index in [0.29, 0.717) is 12.0 Å². The van der Waals surface area contributed by atoms with Crippen LogP contribution in [0.4, 0.5) is 0 Å². The van der Waals surface area contributed by atoms with Gasteiger partial charge in [-0.05, 0) is 67.6 Å². The van der Waals surface area contributed by atoms with Crippen LogP contribution in [0.25, 0.3) is 0 Å². The number of dihydropyridines is 1. The van der Waals surface area contributed by atoms with Crippen molar-refractivity contribution in [1.29, 1.82) is 0 Å². The normalized spacial score (nSPS) is 35.8. The van der Waals surface area contributed by atoms with Gasteiger partial charge in [-0.3, -0.25) is 0 Å². The first-order chi connectivity index (χ1) is 12.4. The van der Waals surface area contributed by atoms with Crippen LogP contribution in [0.1, 0.15) is 51.4 Å². The Bertz CT molecular complexity index is 759. The van der Waals surface area contributed by atoms with E-state index in [1.165, 1.54) is 57.1 Å². The average molecular weight is 332 g/mol. The second-order valence-corrected chi connectivity index (χ2v) is 8.79. The second kappa shape index (κ2) is 5.40. The molecule has 3 aliphatic carbocycles. The molecule has 0 aromatic carbocycles. The molecule has 3 aliphatic heterocycles. The Balaban J connectivity index is 1.51. The molecule has 2 nitrogen and oxygen atoms in total. The highest BCUT2D eigenvalue weighted by Crippen LogP contribution is 2.55. The van der Waals surface area contributed by atoms with Crippen LogP contribution in [0.15, 0.2) is 58.6 Å². The van der Waals surface area contributed by atoms with Crippen LogP contribution >= 0.6 is 0 Å². The minimum absolute atomic E-state index is 0.579. The molecule has 2 heteroatoms. The van der Waals surface area contributed by atoms with Gasteiger partial charge in [0.25, 0.3) is 0 Å². The fourth-order valence-electron chi connectivity index (χ4n) is 5.98. The highest BCUT2D eigenvalue weighted by atomic mass is 15.2. The van der Waals surface area contributed by atoms with Crippen LogP contribution in [0.3, 0.4) is 0 Å². The topological polar surface area (TPSA) is 15.3 Å². The molecule has 3 unspecified atom stereocenters. The Kier molecular flexibility index (Phi) is 3.12. The lowest BCUT2D eigenvalue weighted by Crippen LogP contribution is -2.35. The number of allylic oxidation sites excluding steroid dienone is 5. The van der Waals surface area contributed by atoms with E-state index in [1.54, 1.807) is 22.4 Å². The van der Waals surface area contributed by atoms with Crippen LogP contribution in [0, 0.1) is 17.8 Å². The van der Waals surface area contributed by atoms with Crippen LogP contribution in [-0.2, 0) is 0 Å². The summed E-state index contributed by atoms with van der Waals surface area (Å²) in [6.45, 7) is 0.984. The lowest BCUT2D eigenvalue weighted by molar-refractivity contribution is 0.313. The zero-order valence-corrected chi connectivity index (χ0v) is 15.0. The number of rotatable bonds is 2. The van der Waals surface area contributed by atoms with Crippen LogP contribution in [0.5, 0.6) is 0 Å². The number of nitrogens with one attached hydrogen (secondary N) is 1. The maximum absolute atomic E-state index is 3.49. The van der Waals surface area contributed by atoms with E-state index in [1.807, 2.05) is 0 Å². The van der Waals surface area contributed by atoms with Crippen LogP contribution < -0.4 is 5.32 Å². The van der Waals surface area contributed by atoms with Gasteiger partial charge in [0.1, 0.15) is 0 Å². The Morgan fingerprint density at radius 1 is 1.08 bits per heavy atom. The molecule has 0 aromatic rings. The summed E-state index contributed by atoms with van der Waals surface area (Å²) in [4.78, 5) is 2.80. The van der Waals surface area contributed by atoms with E-state index in [-0.39, 0.29) is 0 Å². The summed E-state index contributed by atoms with van der Waals surface area (Å²) in [5.74, 6) is 2.53. The number of fused-ring (bicyclic) bond motifs is 5. The zero-order valence-electron chi connectivity index (χ0n) is 15.0. The van der Waals surface area contributed by atoms with Crippen molar-refractivity contribution in [3.8, 4) is 0 Å². The van der Waals surface area contributed by atoms with E-state index in [2.05, 4.69) is 40.7 Å². The molecule has 3 atom stereocenters. The highest BCUT2D eigenvalue weighted by molar-refractivity contribution is 5.54. The summed E-state index contributed by atoms with van der Waals surface area (Å²) in [7, 11) is 0. The summed E-state index contributed by atoms with van der Waals surface area (Å²) < 4.78 is 0. The van der Waals surface area contributed by atoms with Crippen molar-refractivity contribution >= 4 is 0 Å². The Morgan fingerprint density at radius 2 is 2.04 bits per heavy atom. The van der Waals surface area contributed by atoms with Crippen molar-refractivity contribution in [3.05, 3.63) is 58.6 Å². The minimum Gasteiger partial charge on any atom is -0.387 e. The van der Waals surface area contributed by atoms with E-state index in [0.717, 1.165) is 18.4 Å². The quantitative estimate of drug-likeness (QED) is 0.781. The summed E-state index contributed by atoms with van der Waals surface area (Å²) in [6.07, 6.45) is 23.1. The first-order valence-corrected chi connectivity index (χ1v) is 10.4.